The lowest BCUT2D eigenvalue weighted by molar-refractivity contribution is -0.237. The number of hydrogen-bond acceptors (Lipinski definition) is 8. The largest absolute Gasteiger partial charge is 0.511 e. The van der Waals surface area contributed by atoms with Crippen LogP contribution in [0.1, 0.15) is 37.5 Å². The van der Waals surface area contributed by atoms with Crippen molar-refractivity contribution in [2.75, 3.05) is 27.9 Å². The van der Waals surface area contributed by atoms with Crippen molar-refractivity contribution in [1.29, 1.82) is 0 Å². The number of rotatable bonds is 5. The van der Waals surface area contributed by atoms with Crippen molar-refractivity contribution >= 4 is 17.7 Å². The number of esters is 1. The Hall–Kier alpha value is -3.52. The molecule has 1 aliphatic carbocycles. The predicted octanol–water partition coefficient (Wildman–Crippen LogP) is 4.44. The van der Waals surface area contributed by atoms with Crippen LogP contribution in [0.2, 0.25) is 0 Å². The monoisotopic (exact) mass is 468 g/mol. The van der Waals surface area contributed by atoms with Crippen molar-refractivity contribution in [1.82, 2.24) is 0 Å². The molecule has 1 saturated heterocycles. The summed E-state index contributed by atoms with van der Waals surface area (Å²) >= 11 is 0. The number of benzene rings is 2. The van der Waals surface area contributed by atoms with Crippen LogP contribution in [0.4, 0.5) is 4.79 Å². The molecule has 180 valence electrons. The van der Waals surface area contributed by atoms with Crippen molar-refractivity contribution in [2.24, 2.45) is 5.92 Å². The molecule has 0 N–H and O–H groups in total. The lowest BCUT2D eigenvalue weighted by Gasteiger charge is -2.41. The van der Waals surface area contributed by atoms with E-state index < -0.39 is 29.4 Å². The molecule has 0 spiro atoms. The minimum atomic E-state index is -1.62. The maximum atomic E-state index is 13.1. The van der Waals surface area contributed by atoms with E-state index in [9.17, 15) is 9.59 Å². The maximum absolute atomic E-state index is 13.1. The van der Waals surface area contributed by atoms with Gasteiger partial charge < -0.3 is 28.4 Å². The Morgan fingerprint density at radius 2 is 1.68 bits per heavy atom. The molecule has 2 aliphatic rings. The fraction of sp³-hybridized carbons (Fsp3) is 0.385. The smallest absolute Gasteiger partial charge is 0.497 e. The Balaban J connectivity index is 1.96. The molecular weight excluding hydrogens is 440 g/mol. The second kappa shape index (κ2) is 8.68. The van der Waals surface area contributed by atoms with E-state index in [0.717, 1.165) is 0 Å². The molecule has 4 rings (SSSR count). The van der Waals surface area contributed by atoms with Gasteiger partial charge >= 0.3 is 12.1 Å². The van der Waals surface area contributed by atoms with Crippen LogP contribution < -0.4 is 9.47 Å². The van der Waals surface area contributed by atoms with E-state index in [1.165, 1.54) is 7.11 Å². The summed E-state index contributed by atoms with van der Waals surface area (Å²) in [4.78, 5) is 25.8. The highest BCUT2D eigenvalue weighted by molar-refractivity contribution is 6.05. The van der Waals surface area contributed by atoms with Crippen molar-refractivity contribution in [2.45, 2.75) is 32.2 Å². The Kier molecular flexibility index (Phi) is 6.03. The van der Waals surface area contributed by atoms with Crippen LogP contribution in [-0.2, 0) is 29.5 Å². The zero-order valence-corrected chi connectivity index (χ0v) is 20.1. The summed E-state index contributed by atoms with van der Waals surface area (Å²) in [5.41, 5.74) is 2.15. The summed E-state index contributed by atoms with van der Waals surface area (Å²) in [6, 6.07) is 12.7. The van der Waals surface area contributed by atoms with Crippen LogP contribution in [0.3, 0.4) is 0 Å². The van der Waals surface area contributed by atoms with E-state index in [4.69, 9.17) is 28.4 Å². The number of ether oxygens (including phenoxy) is 6. The molecule has 8 nitrogen and oxygen atoms in total. The fourth-order valence-electron chi connectivity index (χ4n) is 4.45. The third-order valence-electron chi connectivity index (χ3n) is 5.82. The molecule has 0 amide bonds. The van der Waals surface area contributed by atoms with E-state index in [0.29, 0.717) is 39.3 Å². The summed E-state index contributed by atoms with van der Waals surface area (Å²) in [6.07, 6.45) is -0.908. The normalized spacial score (nSPS) is 21.4. The average molecular weight is 469 g/mol. The molecule has 34 heavy (non-hydrogen) atoms. The van der Waals surface area contributed by atoms with Crippen molar-refractivity contribution in [3.63, 3.8) is 0 Å². The van der Waals surface area contributed by atoms with Gasteiger partial charge in [-0.25, -0.2) is 9.59 Å². The molecule has 0 radical (unpaired) electrons. The predicted molar refractivity (Wildman–Crippen MR) is 122 cm³/mol. The molecule has 2 aromatic carbocycles. The zero-order chi connectivity index (χ0) is 24.7. The Morgan fingerprint density at radius 3 is 2.26 bits per heavy atom. The first-order valence-electron chi connectivity index (χ1n) is 10.8. The number of carbonyl (C=O) groups is 2. The van der Waals surface area contributed by atoms with Gasteiger partial charge in [0.1, 0.15) is 23.7 Å². The van der Waals surface area contributed by atoms with Crippen molar-refractivity contribution in [3.05, 3.63) is 64.7 Å². The van der Waals surface area contributed by atoms with Gasteiger partial charge in [0.25, 0.3) is 5.79 Å². The highest BCUT2D eigenvalue weighted by atomic mass is 16.8. The summed E-state index contributed by atoms with van der Waals surface area (Å²) in [7, 11) is 4.55. The van der Waals surface area contributed by atoms with Crippen LogP contribution in [0, 0.1) is 5.92 Å². The minimum Gasteiger partial charge on any atom is -0.497 e. The van der Waals surface area contributed by atoms with Gasteiger partial charge in [0, 0.05) is 24.3 Å². The number of carbonyl (C=O) groups excluding carboxylic acids is 2. The first-order valence-corrected chi connectivity index (χ1v) is 10.8. The van der Waals surface area contributed by atoms with Gasteiger partial charge in [-0.1, -0.05) is 24.3 Å². The number of cyclic esters (lactones) is 1. The molecule has 1 aliphatic heterocycles. The van der Waals surface area contributed by atoms with Gasteiger partial charge in [-0.3, -0.25) is 0 Å². The SMILES string of the molecule is COc1cc(OC)cc(C2=C3C(=O)OCC3C(OC)(OC(=O)OC(C)(C)C)c3ccccc32)c1. The van der Waals surface area contributed by atoms with Crippen LogP contribution in [-0.4, -0.2) is 45.7 Å². The van der Waals surface area contributed by atoms with Crippen LogP contribution in [0.15, 0.2) is 48.0 Å². The molecule has 1 heterocycles. The summed E-state index contributed by atoms with van der Waals surface area (Å²) in [6.45, 7) is 5.20. The van der Waals surface area contributed by atoms with Gasteiger partial charge in [0.15, 0.2) is 0 Å². The average Bonchev–Trinajstić information content (AvgIpc) is 3.19. The van der Waals surface area contributed by atoms with Gasteiger partial charge in [-0.05, 0) is 44.0 Å². The topological polar surface area (TPSA) is 89.5 Å². The van der Waals surface area contributed by atoms with Crippen molar-refractivity contribution < 1.29 is 38.0 Å². The van der Waals surface area contributed by atoms with E-state index in [1.807, 2.05) is 30.3 Å². The van der Waals surface area contributed by atoms with Gasteiger partial charge in [-0.15, -0.1) is 0 Å². The third kappa shape index (κ3) is 3.98. The summed E-state index contributed by atoms with van der Waals surface area (Å²) < 4.78 is 33.5. The molecule has 2 aromatic rings. The quantitative estimate of drug-likeness (QED) is 0.470. The molecule has 2 unspecified atom stereocenters. The molecule has 1 fully saturated rings. The van der Waals surface area contributed by atoms with E-state index in [-0.39, 0.29) is 6.61 Å². The molecule has 8 heteroatoms. The number of hydrogen-bond donors (Lipinski definition) is 0. The highest BCUT2D eigenvalue weighted by Crippen LogP contribution is 2.53. The molecule has 0 saturated carbocycles. The number of fused-ring (bicyclic) bond motifs is 2. The second-order valence-corrected chi connectivity index (χ2v) is 9.02. The summed E-state index contributed by atoms with van der Waals surface area (Å²) in [5, 5.41) is 0. The zero-order valence-electron chi connectivity index (χ0n) is 20.1. The van der Waals surface area contributed by atoms with Crippen LogP contribution >= 0.6 is 0 Å². The number of methoxy groups -OCH3 is 3. The lowest BCUT2D eigenvalue weighted by atomic mass is 9.73. The van der Waals surface area contributed by atoms with Gasteiger partial charge in [-0.2, -0.15) is 0 Å². The Bertz CT molecular complexity index is 1140. The molecule has 0 bridgehead atoms. The third-order valence-corrected chi connectivity index (χ3v) is 5.82. The first kappa shape index (κ1) is 23.6. The van der Waals surface area contributed by atoms with E-state index >= 15 is 0 Å². The standard InChI is InChI=1S/C26H28O8/c1-25(2,3)33-24(28)34-26(31-6)19-10-8-7-9-18(19)21(22-20(26)14-32-23(22)27)15-11-16(29-4)13-17(12-15)30-5/h7-13,20H,14H2,1-6H3. The highest BCUT2D eigenvalue weighted by Gasteiger charge is 2.57. The Labute approximate surface area is 198 Å². The minimum absolute atomic E-state index is 0.0241. The maximum Gasteiger partial charge on any atom is 0.511 e. The van der Waals surface area contributed by atoms with Crippen LogP contribution in [0.25, 0.3) is 5.57 Å². The van der Waals surface area contributed by atoms with Gasteiger partial charge in [0.05, 0.1) is 25.7 Å². The molecular formula is C26H28O8. The molecule has 2 atom stereocenters. The Morgan fingerprint density at radius 1 is 1.03 bits per heavy atom. The summed E-state index contributed by atoms with van der Waals surface area (Å²) in [5.74, 6) is -1.72. The van der Waals surface area contributed by atoms with E-state index in [1.54, 1.807) is 47.1 Å². The fourth-order valence-corrected chi connectivity index (χ4v) is 4.45. The van der Waals surface area contributed by atoms with Crippen LogP contribution in [0.5, 0.6) is 11.5 Å². The molecule has 0 aromatic heterocycles. The lowest BCUT2D eigenvalue weighted by Crippen LogP contribution is -2.46. The van der Waals surface area contributed by atoms with Gasteiger partial charge in [0.2, 0.25) is 0 Å². The van der Waals surface area contributed by atoms with E-state index in [2.05, 4.69) is 0 Å². The van der Waals surface area contributed by atoms with Crippen molar-refractivity contribution in [3.8, 4) is 11.5 Å². The second-order valence-electron chi connectivity index (χ2n) is 9.02. The first-order chi connectivity index (χ1) is 16.1.